The third kappa shape index (κ3) is 1.84. The molecule has 0 N–H and O–H groups in total. The molecule has 0 unspecified atom stereocenters. The molecule has 0 aromatic heterocycles. The average Bonchev–Trinajstić information content (AvgIpc) is 2.51. The van der Waals surface area contributed by atoms with Crippen molar-refractivity contribution in [1.29, 1.82) is 0 Å². The van der Waals surface area contributed by atoms with Gasteiger partial charge in [0.25, 0.3) is 0 Å². The zero-order valence-corrected chi connectivity index (χ0v) is 12.1. The van der Waals surface area contributed by atoms with Gasteiger partial charge in [-0.3, -0.25) is 4.79 Å². The van der Waals surface area contributed by atoms with Crippen LogP contribution in [-0.4, -0.2) is 25.8 Å². The van der Waals surface area contributed by atoms with Crippen molar-refractivity contribution in [3.63, 3.8) is 0 Å². The minimum absolute atomic E-state index is 0.0140. The summed E-state index contributed by atoms with van der Waals surface area (Å²) in [5.74, 6) is 0.665. The first-order chi connectivity index (χ1) is 8.34. The molecule has 0 aromatic carbocycles. The Bertz CT molecular complexity index is 383. The SMILES string of the molecule is COCO[C@@H]1C[C@]2(C)C(=O)C(C)=CC[C@H]2C1(C)C. The highest BCUT2D eigenvalue weighted by molar-refractivity contribution is 6.00. The molecule has 0 saturated heterocycles. The second kappa shape index (κ2) is 4.46. The Hall–Kier alpha value is -0.670. The number of ether oxygens (including phenoxy) is 2. The molecular formula is C15H24O3. The number of hydrogen-bond donors (Lipinski definition) is 0. The summed E-state index contributed by atoms with van der Waals surface area (Å²) in [6.07, 6.45) is 3.97. The van der Waals surface area contributed by atoms with Crippen LogP contribution in [0.3, 0.4) is 0 Å². The minimum Gasteiger partial charge on any atom is -0.359 e. The van der Waals surface area contributed by atoms with E-state index in [0.717, 1.165) is 18.4 Å². The topological polar surface area (TPSA) is 35.5 Å². The molecule has 2 aliphatic carbocycles. The van der Waals surface area contributed by atoms with E-state index in [1.165, 1.54) is 0 Å². The van der Waals surface area contributed by atoms with Gasteiger partial charge in [0.2, 0.25) is 0 Å². The first-order valence-electron chi connectivity index (χ1n) is 6.66. The van der Waals surface area contributed by atoms with Crippen LogP contribution in [0.25, 0.3) is 0 Å². The number of methoxy groups -OCH3 is 1. The molecule has 3 heteroatoms. The lowest BCUT2D eigenvalue weighted by molar-refractivity contribution is -0.127. The molecule has 2 rings (SSSR count). The highest BCUT2D eigenvalue weighted by Gasteiger charge is 2.59. The van der Waals surface area contributed by atoms with Crippen molar-refractivity contribution in [2.45, 2.75) is 46.6 Å². The Labute approximate surface area is 110 Å². The van der Waals surface area contributed by atoms with Gasteiger partial charge >= 0.3 is 0 Å². The average molecular weight is 252 g/mol. The Morgan fingerprint density at radius 3 is 2.67 bits per heavy atom. The van der Waals surface area contributed by atoms with Crippen LogP contribution in [0.4, 0.5) is 0 Å². The zero-order valence-electron chi connectivity index (χ0n) is 12.1. The molecule has 0 aromatic rings. The van der Waals surface area contributed by atoms with Crippen molar-refractivity contribution in [3.8, 4) is 0 Å². The predicted molar refractivity (Wildman–Crippen MR) is 70.1 cm³/mol. The van der Waals surface area contributed by atoms with Crippen molar-refractivity contribution >= 4 is 5.78 Å². The Morgan fingerprint density at radius 1 is 1.39 bits per heavy atom. The van der Waals surface area contributed by atoms with E-state index in [1.807, 2.05) is 6.92 Å². The lowest BCUT2D eigenvalue weighted by Crippen LogP contribution is -2.40. The molecule has 0 radical (unpaired) electrons. The molecule has 2 aliphatic rings. The quantitative estimate of drug-likeness (QED) is 0.724. The van der Waals surface area contributed by atoms with Crippen LogP contribution in [0.15, 0.2) is 11.6 Å². The van der Waals surface area contributed by atoms with Crippen LogP contribution in [0.5, 0.6) is 0 Å². The van der Waals surface area contributed by atoms with Gasteiger partial charge in [0.15, 0.2) is 5.78 Å². The number of ketones is 1. The van der Waals surface area contributed by atoms with Crippen LogP contribution in [0, 0.1) is 16.7 Å². The predicted octanol–water partition coefficient (Wildman–Crippen LogP) is 2.95. The largest absolute Gasteiger partial charge is 0.359 e. The summed E-state index contributed by atoms with van der Waals surface area (Å²) in [6, 6.07) is 0. The molecule has 0 amide bonds. The molecule has 1 saturated carbocycles. The number of rotatable bonds is 3. The molecule has 3 nitrogen and oxygen atoms in total. The first-order valence-corrected chi connectivity index (χ1v) is 6.66. The fourth-order valence-corrected chi connectivity index (χ4v) is 3.91. The summed E-state index contributed by atoms with van der Waals surface area (Å²) in [5, 5.41) is 0. The van der Waals surface area contributed by atoms with Crippen molar-refractivity contribution in [3.05, 3.63) is 11.6 Å². The van der Waals surface area contributed by atoms with Crippen LogP contribution in [0.2, 0.25) is 0 Å². The fourth-order valence-electron chi connectivity index (χ4n) is 3.91. The summed E-state index contributed by atoms with van der Waals surface area (Å²) in [4.78, 5) is 12.5. The third-order valence-electron chi connectivity index (χ3n) is 5.03. The van der Waals surface area contributed by atoms with Gasteiger partial charge in [-0.1, -0.05) is 26.8 Å². The van der Waals surface area contributed by atoms with Gasteiger partial charge in [-0.15, -0.1) is 0 Å². The van der Waals surface area contributed by atoms with Crippen LogP contribution in [-0.2, 0) is 14.3 Å². The second-order valence-corrected chi connectivity index (χ2v) is 6.51. The monoisotopic (exact) mass is 252 g/mol. The number of hydrogen-bond acceptors (Lipinski definition) is 3. The van der Waals surface area contributed by atoms with E-state index in [0.29, 0.717) is 18.5 Å². The summed E-state index contributed by atoms with van der Waals surface area (Å²) in [7, 11) is 1.63. The summed E-state index contributed by atoms with van der Waals surface area (Å²) < 4.78 is 10.8. The van der Waals surface area contributed by atoms with Crippen molar-refractivity contribution in [2.24, 2.45) is 16.7 Å². The summed E-state index contributed by atoms with van der Waals surface area (Å²) in [6.45, 7) is 8.77. The van der Waals surface area contributed by atoms with Crippen LogP contribution >= 0.6 is 0 Å². The maximum absolute atomic E-state index is 12.5. The van der Waals surface area contributed by atoms with Gasteiger partial charge in [-0.2, -0.15) is 0 Å². The Balaban J connectivity index is 2.29. The van der Waals surface area contributed by atoms with Gasteiger partial charge in [0, 0.05) is 12.5 Å². The molecule has 18 heavy (non-hydrogen) atoms. The molecule has 0 aliphatic heterocycles. The molecule has 3 atom stereocenters. The second-order valence-electron chi connectivity index (χ2n) is 6.51. The Kier molecular flexibility index (Phi) is 3.41. The van der Waals surface area contributed by atoms with Gasteiger partial charge in [0.1, 0.15) is 6.79 Å². The van der Waals surface area contributed by atoms with E-state index in [9.17, 15) is 4.79 Å². The number of Topliss-reactive ketones (excluding diaryl/α,β-unsaturated/α-hetero) is 1. The van der Waals surface area contributed by atoms with E-state index in [-0.39, 0.29) is 16.9 Å². The van der Waals surface area contributed by atoms with Gasteiger partial charge in [0.05, 0.1) is 6.10 Å². The molecule has 102 valence electrons. The van der Waals surface area contributed by atoms with Gasteiger partial charge in [-0.25, -0.2) is 0 Å². The standard InChI is InChI=1S/C15H24O3/c1-10-6-7-11-14(2,3)12(18-9-17-5)8-15(11,4)13(10)16/h6,11-12H,7-9H2,1-5H3/t11-,12+,15-/m0/s1. The highest BCUT2D eigenvalue weighted by atomic mass is 16.7. The van der Waals surface area contributed by atoms with E-state index < -0.39 is 0 Å². The van der Waals surface area contributed by atoms with E-state index >= 15 is 0 Å². The fraction of sp³-hybridized carbons (Fsp3) is 0.800. The molecule has 0 spiro atoms. The first kappa shape index (κ1) is 13.8. The van der Waals surface area contributed by atoms with Crippen molar-refractivity contribution in [1.82, 2.24) is 0 Å². The number of carbonyl (C=O) groups is 1. The smallest absolute Gasteiger partial charge is 0.164 e. The number of carbonyl (C=O) groups excluding carboxylic acids is 1. The normalized spacial score (nSPS) is 38.5. The number of allylic oxidation sites excluding steroid dienone is 2. The highest BCUT2D eigenvalue weighted by Crippen LogP contribution is 2.59. The summed E-state index contributed by atoms with van der Waals surface area (Å²) in [5.41, 5.74) is 0.665. The minimum atomic E-state index is -0.263. The lowest BCUT2D eigenvalue weighted by atomic mass is 9.63. The maximum Gasteiger partial charge on any atom is 0.164 e. The van der Waals surface area contributed by atoms with Crippen LogP contribution < -0.4 is 0 Å². The van der Waals surface area contributed by atoms with Gasteiger partial charge in [-0.05, 0) is 36.7 Å². The molecule has 1 fully saturated rings. The molecule has 0 heterocycles. The Morgan fingerprint density at radius 2 is 2.06 bits per heavy atom. The van der Waals surface area contributed by atoms with E-state index in [4.69, 9.17) is 9.47 Å². The number of fused-ring (bicyclic) bond motifs is 1. The van der Waals surface area contributed by atoms with Crippen molar-refractivity contribution < 1.29 is 14.3 Å². The molecule has 0 bridgehead atoms. The van der Waals surface area contributed by atoms with Gasteiger partial charge < -0.3 is 9.47 Å². The molecular weight excluding hydrogens is 228 g/mol. The zero-order chi connectivity index (χ0) is 13.6. The summed E-state index contributed by atoms with van der Waals surface area (Å²) >= 11 is 0. The van der Waals surface area contributed by atoms with Crippen molar-refractivity contribution in [2.75, 3.05) is 13.9 Å². The third-order valence-corrected chi connectivity index (χ3v) is 5.03. The van der Waals surface area contributed by atoms with Crippen LogP contribution in [0.1, 0.15) is 40.5 Å². The van der Waals surface area contributed by atoms with E-state index in [2.05, 4.69) is 26.8 Å². The lowest BCUT2D eigenvalue weighted by Gasteiger charge is -2.39. The maximum atomic E-state index is 12.5. The van der Waals surface area contributed by atoms with E-state index in [1.54, 1.807) is 7.11 Å².